The summed E-state index contributed by atoms with van der Waals surface area (Å²) in [4.78, 5) is 11.1. The molecular weight excluding hydrogens is 408 g/mol. The third kappa shape index (κ3) is 3.58. The maximum Gasteiger partial charge on any atom is 0.330 e. The predicted octanol–water partition coefficient (Wildman–Crippen LogP) is 7.40. The van der Waals surface area contributed by atoms with Crippen molar-refractivity contribution < 1.29 is 15.0 Å². The van der Waals surface area contributed by atoms with Gasteiger partial charge in [0.15, 0.2) is 0 Å². The molecule has 4 aliphatic carbocycles. The largest absolute Gasteiger partial charge is 0.478 e. The van der Waals surface area contributed by atoms with Crippen LogP contribution in [0.3, 0.4) is 0 Å². The van der Waals surface area contributed by atoms with Crippen LogP contribution in [0.25, 0.3) is 0 Å². The summed E-state index contributed by atoms with van der Waals surface area (Å²) in [5.74, 6) is 1.75. The molecule has 1 unspecified atom stereocenters. The average Bonchev–Trinajstić information content (AvgIpc) is 3.02. The van der Waals surface area contributed by atoms with Gasteiger partial charge in [0.25, 0.3) is 0 Å². The first-order valence-electron chi connectivity index (χ1n) is 13.6. The van der Waals surface area contributed by atoms with Crippen molar-refractivity contribution in [3.8, 4) is 0 Å². The van der Waals surface area contributed by atoms with Crippen LogP contribution in [-0.2, 0) is 4.79 Å². The van der Waals surface area contributed by atoms with Gasteiger partial charge in [-0.1, -0.05) is 59.3 Å². The minimum atomic E-state index is -0.796. The van der Waals surface area contributed by atoms with Crippen LogP contribution in [0.2, 0.25) is 0 Å². The first kappa shape index (κ1) is 25.0. The summed E-state index contributed by atoms with van der Waals surface area (Å²) in [7, 11) is 0. The third-order valence-corrected chi connectivity index (χ3v) is 12.0. The van der Waals surface area contributed by atoms with E-state index in [9.17, 15) is 9.90 Å². The molecule has 0 saturated heterocycles. The Morgan fingerprint density at radius 1 is 1.12 bits per heavy atom. The number of hydrogen-bond acceptors (Lipinski definition) is 2. The maximum atomic E-state index is 11.1. The number of aliphatic hydroxyl groups excluding tert-OH is 1. The zero-order valence-corrected chi connectivity index (χ0v) is 22.2. The minimum Gasteiger partial charge on any atom is -0.478 e. The van der Waals surface area contributed by atoms with Gasteiger partial charge in [0.1, 0.15) is 0 Å². The minimum absolute atomic E-state index is 0.00892. The van der Waals surface area contributed by atoms with Crippen molar-refractivity contribution in [1.29, 1.82) is 0 Å². The number of aliphatic hydroxyl groups is 1. The molecule has 0 bridgehead atoms. The molecule has 2 N–H and O–H groups in total. The quantitative estimate of drug-likeness (QED) is 0.335. The highest BCUT2D eigenvalue weighted by Crippen LogP contribution is 2.73. The zero-order valence-electron chi connectivity index (χ0n) is 22.2. The second kappa shape index (κ2) is 8.25. The molecule has 4 aliphatic rings. The summed E-state index contributed by atoms with van der Waals surface area (Å²) in [6.45, 7) is 16.5. The number of hydrogen-bond donors (Lipinski definition) is 2. The number of aliphatic carboxylic acids is 1. The van der Waals surface area contributed by atoms with Gasteiger partial charge in [0.2, 0.25) is 0 Å². The lowest BCUT2D eigenvalue weighted by Crippen LogP contribution is -2.58. The number of rotatable bonds is 5. The van der Waals surface area contributed by atoms with Gasteiger partial charge in [-0.05, 0) is 110 Å². The Kier molecular flexibility index (Phi) is 6.25. The lowest BCUT2D eigenvalue weighted by molar-refractivity contribution is -0.132. The zero-order chi connectivity index (χ0) is 24.4. The van der Waals surface area contributed by atoms with Gasteiger partial charge in [-0.2, -0.15) is 0 Å². The van der Waals surface area contributed by atoms with Gasteiger partial charge >= 0.3 is 5.97 Å². The Morgan fingerprint density at radius 3 is 2.48 bits per heavy atom. The summed E-state index contributed by atoms with van der Waals surface area (Å²) < 4.78 is 0. The van der Waals surface area contributed by atoms with Crippen molar-refractivity contribution in [2.45, 2.75) is 112 Å². The van der Waals surface area contributed by atoms with Gasteiger partial charge < -0.3 is 10.2 Å². The van der Waals surface area contributed by atoms with Crippen molar-refractivity contribution in [3.63, 3.8) is 0 Å². The monoisotopic (exact) mass is 456 g/mol. The molecule has 33 heavy (non-hydrogen) atoms. The highest BCUT2D eigenvalue weighted by molar-refractivity contribution is 5.85. The lowest BCUT2D eigenvalue weighted by atomic mass is 9.41. The van der Waals surface area contributed by atoms with E-state index in [1.807, 2.05) is 6.08 Å². The highest BCUT2D eigenvalue weighted by atomic mass is 16.4. The van der Waals surface area contributed by atoms with Crippen LogP contribution in [0, 0.1) is 45.3 Å². The molecule has 186 valence electrons. The summed E-state index contributed by atoms with van der Waals surface area (Å²) in [6, 6.07) is 0. The molecule has 3 heteroatoms. The Morgan fingerprint density at radius 2 is 1.82 bits per heavy atom. The number of carbonyl (C=O) groups is 1. The second-order valence-corrected chi connectivity index (χ2v) is 13.6. The predicted molar refractivity (Wildman–Crippen MR) is 135 cm³/mol. The molecule has 0 aliphatic heterocycles. The van der Waals surface area contributed by atoms with Crippen LogP contribution in [0.1, 0.15) is 106 Å². The molecule has 0 aromatic heterocycles. The van der Waals surface area contributed by atoms with Crippen molar-refractivity contribution in [1.82, 2.24) is 0 Å². The van der Waals surface area contributed by atoms with E-state index in [-0.39, 0.29) is 16.9 Å². The molecule has 0 heterocycles. The van der Waals surface area contributed by atoms with E-state index in [0.717, 1.165) is 32.1 Å². The van der Waals surface area contributed by atoms with Crippen LogP contribution in [0.15, 0.2) is 23.3 Å². The summed E-state index contributed by atoms with van der Waals surface area (Å²) in [5, 5.41) is 20.0. The molecule has 8 atom stereocenters. The summed E-state index contributed by atoms with van der Waals surface area (Å²) >= 11 is 0. The van der Waals surface area contributed by atoms with Gasteiger partial charge in [0, 0.05) is 5.57 Å². The van der Waals surface area contributed by atoms with E-state index < -0.39 is 5.97 Å². The molecule has 3 nitrogen and oxygen atoms in total. The smallest absolute Gasteiger partial charge is 0.330 e. The first-order valence-corrected chi connectivity index (χ1v) is 13.6. The van der Waals surface area contributed by atoms with Crippen molar-refractivity contribution in [3.05, 3.63) is 23.3 Å². The number of carboxylic acids is 1. The Hall–Kier alpha value is -1.09. The Bertz CT molecular complexity index is 853. The number of allylic oxidation sites excluding steroid dienone is 3. The standard InChI is InChI=1S/C30H48O3/c1-19(9-8-10-20(2)26(32)33)21-13-17-30(7)23-11-12-24-27(3,4)25(31)15-16-28(24,5)22(23)14-18-29(21,30)6/h10-11,19,21-22,24-25,31H,8-9,12-18H2,1-7H3,(H,32,33)/b20-10-/t19-,21+,22+,24?,25-,28-,29+,30-/m1/s1. The Labute approximate surface area is 202 Å². The van der Waals surface area contributed by atoms with Crippen molar-refractivity contribution in [2.24, 2.45) is 45.3 Å². The number of fused-ring (bicyclic) bond motifs is 5. The SMILES string of the molecule is C/C(=C/CC[C@@H](C)[C@@H]1CC[C@]2(C)C3=CCC4C(C)(C)[C@H](O)CC[C@]4(C)[C@H]3CC[C@@]12C)C(=O)O. The van der Waals surface area contributed by atoms with E-state index in [1.165, 1.54) is 25.7 Å². The molecular formula is C30H48O3. The van der Waals surface area contributed by atoms with Crippen molar-refractivity contribution >= 4 is 5.97 Å². The van der Waals surface area contributed by atoms with Crippen LogP contribution in [0.4, 0.5) is 0 Å². The topological polar surface area (TPSA) is 57.5 Å². The van der Waals surface area contributed by atoms with Crippen LogP contribution in [-0.4, -0.2) is 22.3 Å². The first-order chi connectivity index (χ1) is 15.3. The molecule has 0 aromatic carbocycles. The van der Waals surface area contributed by atoms with E-state index in [0.29, 0.717) is 40.1 Å². The molecule has 0 amide bonds. The highest BCUT2D eigenvalue weighted by Gasteiger charge is 2.65. The van der Waals surface area contributed by atoms with Crippen LogP contribution in [0.5, 0.6) is 0 Å². The molecule has 0 spiro atoms. The van der Waals surface area contributed by atoms with E-state index in [1.54, 1.807) is 12.5 Å². The second-order valence-electron chi connectivity index (χ2n) is 13.6. The lowest BCUT2D eigenvalue weighted by Gasteiger charge is -2.64. The maximum absolute atomic E-state index is 11.1. The van der Waals surface area contributed by atoms with E-state index in [4.69, 9.17) is 5.11 Å². The molecule has 4 rings (SSSR count). The van der Waals surface area contributed by atoms with Crippen LogP contribution < -0.4 is 0 Å². The summed E-state index contributed by atoms with van der Waals surface area (Å²) in [5.41, 5.74) is 3.13. The van der Waals surface area contributed by atoms with Crippen LogP contribution >= 0.6 is 0 Å². The average molecular weight is 457 g/mol. The molecule has 3 saturated carbocycles. The molecule has 0 radical (unpaired) electrons. The van der Waals surface area contributed by atoms with E-state index in [2.05, 4.69) is 47.6 Å². The van der Waals surface area contributed by atoms with Crippen molar-refractivity contribution in [2.75, 3.05) is 0 Å². The van der Waals surface area contributed by atoms with Gasteiger partial charge in [-0.25, -0.2) is 4.79 Å². The Balaban J connectivity index is 1.58. The third-order valence-electron chi connectivity index (χ3n) is 12.0. The van der Waals surface area contributed by atoms with Gasteiger partial charge in [-0.3, -0.25) is 0 Å². The summed E-state index contributed by atoms with van der Waals surface area (Å²) in [6.07, 6.45) is 14.7. The fraction of sp³-hybridized carbons (Fsp3) is 0.833. The van der Waals surface area contributed by atoms with Gasteiger partial charge in [0.05, 0.1) is 6.10 Å². The van der Waals surface area contributed by atoms with Gasteiger partial charge in [-0.15, -0.1) is 0 Å². The number of carboxylic acid groups (broad SMARTS) is 1. The van der Waals surface area contributed by atoms with E-state index >= 15 is 0 Å². The fourth-order valence-electron chi connectivity index (χ4n) is 9.50. The normalized spacial score (nSPS) is 45.5. The molecule has 3 fully saturated rings. The fourth-order valence-corrected chi connectivity index (χ4v) is 9.50. The molecule has 0 aromatic rings.